The van der Waals surface area contributed by atoms with E-state index < -0.39 is 12.0 Å². The van der Waals surface area contributed by atoms with Crippen LogP contribution in [0.4, 0.5) is 0 Å². The Bertz CT molecular complexity index is 1560. The Kier molecular flexibility index (Phi) is 8.38. The predicted molar refractivity (Wildman–Crippen MR) is 150 cm³/mol. The summed E-state index contributed by atoms with van der Waals surface area (Å²) >= 11 is 3.24. The topological polar surface area (TPSA) is 99.4 Å². The van der Waals surface area contributed by atoms with Crippen LogP contribution in [0, 0.1) is 3.57 Å². The SMILES string of the molecule is CCCOc1ccccc1C1C(C(=O)OCC)=C(C)N=c2sc(=Cc3cc(I)c(O)c(OC)c3)c(=O)n21. The number of phenols is 1. The van der Waals surface area contributed by atoms with Crippen molar-refractivity contribution in [2.45, 2.75) is 33.2 Å². The molecule has 0 aliphatic carbocycles. The first-order chi connectivity index (χ1) is 17.8. The number of carbonyl (C=O) groups excluding carboxylic acids is 1. The van der Waals surface area contributed by atoms with Crippen LogP contribution in [0.3, 0.4) is 0 Å². The molecule has 1 aliphatic heterocycles. The Morgan fingerprint density at radius 3 is 2.70 bits per heavy atom. The van der Waals surface area contributed by atoms with Crippen molar-refractivity contribution in [2.24, 2.45) is 4.99 Å². The molecule has 1 aromatic heterocycles. The van der Waals surface area contributed by atoms with Gasteiger partial charge in [0.2, 0.25) is 0 Å². The molecule has 4 rings (SSSR count). The number of phenolic OH excluding ortho intramolecular Hbond substituents is 1. The van der Waals surface area contributed by atoms with Crippen LogP contribution in [0.15, 0.2) is 57.5 Å². The molecule has 2 heterocycles. The summed E-state index contributed by atoms with van der Waals surface area (Å²) in [5.41, 5.74) is 1.86. The Morgan fingerprint density at radius 2 is 2.00 bits per heavy atom. The first-order valence-electron chi connectivity index (χ1n) is 11.8. The van der Waals surface area contributed by atoms with E-state index in [-0.39, 0.29) is 17.9 Å². The first kappa shape index (κ1) is 26.9. The van der Waals surface area contributed by atoms with Crippen molar-refractivity contribution in [3.05, 3.63) is 82.1 Å². The van der Waals surface area contributed by atoms with Gasteiger partial charge in [-0.1, -0.05) is 36.5 Å². The fraction of sp³-hybridized carbons (Fsp3) is 0.296. The largest absolute Gasteiger partial charge is 0.504 e. The number of esters is 1. The highest BCUT2D eigenvalue weighted by Gasteiger charge is 2.35. The molecule has 8 nitrogen and oxygen atoms in total. The summed E-state index contributed by atoms with van der Waals surface area (Å²) in [7, 11) is 1.47. The van der Waals surface area contributed by atoms with Gasteiger partial charge in [0, 0.05) is 5.56 Å². The Hall–Kier alpha value is -3.12. The van der Waals surface area contributed by atoms with Gasteiger partial charge in [-0.2, -0.15) is 0 Å². The molecule has 0 fully saturated rings. The second-order valence-electron chi connectivity index (χ2n) is 8.24. The number of halogens is 1. The molecule has 194 valence electrons. The number of hydrogen-bond acceptors (Lipinski definition) is 8. The fourth-order valence-corrected chi connectivity index (χ4v) is 5.79. The van der Waals surface area contributed by atoms with Crippen LogP contribution in [0.2, 0.25) is 0 Å². The predicted octanol–water partition coefficient (Wildman–Crippen LogP) is 3.91. The van der Waals surface area contributed by atoms with E-state index in [1.807, 2.05) is 53.8 Å². The van der Waals surface area contributed by atoms with E-state index in [0.717, 1.165) is 6.42 Å². The number of allylic oxidation sites excluding steroid dienone is 1. The Balaban J connectivity index is 1.97. The highest BCUT2D eigenvalue weighted by atomic mass is 127. The lowest BCUT2D eigenvalue weighted by molar-refractivity contribution is -0.139. The Labute approximate surface area is 231 Å². The minimum Gasteiger partial charge on any atom is -0.504 e. The van der Waals surface area contributed by atoms with Crippen LogP contribution in [-0.4, -0.2) is 36.0 Å². The van der Waals surface area contributed by atoms with Gasteiger partial charge in [0.25, 0.3) is 5.56 Å². The molecule has 0 saturated carbocycles. The Morgan fingerprint density at radius 1 is 1.24 bits per heavy atom. The van der Waals surface area contributed by atoms with E-state index in [4.69, 9.17) is 14.2 Å². The molecular weight excluding hydrogens is 607 g/mol. The van der Waals surface area contributed by atoms with Gasteiger partial charge < -0.3 is 19.3 Å². The smallest absolute Gasteiger partial charge is 0.338 e. The average Bonchev–Trinajstić information content (AvgIpc) is 3.18. The number of benzene rings is 2. The third kappa shape index (κ3) is 5.30. The lowest BCUT2D eigenvalue weighted by Crippen LogP contribution is -2.40. The molecule has 1 unspecified atom stereocenters. The molecule has 0 saturated heterocycles. The van der Waals surface area contributed by atoms with E-state index >= 15 is 0 Å². The van der Waals surface area contributed by atoms with E-state index in [2.05, 4.69) is 4.99 Å². The molecule has 37 heavy (non-hydrogen) atoms. The number of nitrogens with zero attached hydrogens (tertiary/aromatic N) is 2. The molecule has 1 N–H and O–H groups in total. The van der Waals surface area contributed by atoms with Gasteiger partial charge in [-0.05, 0) is 72.7 Å². The van der Waals surface area contributed by atoms with Crippen molar-refractivity contribution in [2.75, 3.05) is 20.3 Å². The second-order valence-corrected chi connectivity index (χ2v) is 10.4. The van der Waals surface area contributed by atoms with Gasteiger partial charge in [-0.15, -0.1) is 0 Å². The number of aromatic hydroxyl groups is 1. The molecule has 2 aromatic carbocycles. The van der Waals surface area contributed by atoms with Gasteiger partial charge in [-0.3, -0.25) is 9.36 Å². The summed E-state index contributed by atoms with van der Waals surface area (Å²) in [6.45, 7) is 6.20. The second kappa shape index (κ2) is 11.5. The number of carbonyl (C=O) groups is 1. The zero-order valence-electron chi connectivity index (χ0n) is 20.9. The average molecular weight is 634 g/mol. The fourth-order valence-electron chi connectivity index (χ4n) is 4.12. The van der Waals surface area contributed by atoms with Gasteiger partial charge in [0.1, 0.15) is 11.8 Å². The van der Waals surface area contributed by atoms with Gasteiger partial charge >= 0.3 is 5.97 Å². The molecule has 1 aliphatic rings. The zero-order chi connectivity index (χ0) is 26.7. The molecule has 1 atom stereocenters. The van der Waals surface area contributed by atoms with Crippen LogP contribution in [0.1, 0.15) is 44.4 Å². The maximum atomic E-state index is 13.9. The van der Waals surface area contributed by atoms with Crippen LogP contribution >= 0.6 is 33.9 Å². The van der Waals surface area contributed by atoms with E-state index in [1.54, 1.807) is 32.1 Å². The van der Waals surface area contributed by atoms with Crippen LogP contribution in [0.5, 0.6) is 17.2 Å². The van der Waals surface area contributed by atoms with Gasteiger partial charge in [0.15, 0.2) is 16.3 Å². The number of ether oxygens (including phenoxy) is 3. The monoisotopic (exact) mass is 634 g/mol. The number of methoxy groups -OCH3 is 1. The summed E-state index contributed by atoms with van der Waals surface area (Å²) in [5, 5.41) is 10.2. The van der Waals surface area contributed by atoms with Gasteiger partial charge in [-0.25, -0.2) is 9.79 Å². The van der Waals surface area contributed by atoms with Crippen molar-refractivity contribution >= 4 is 46.0 Å². The van der Waals surface area contributed by atoms with Crippen LogP contribution in [0.25, 0.3) is 6.08 Å². The number of rotatable bonds is 8. The van der Waals surface area contributed by atoms with Crippen molar-refractivity contribution in [3.8, 4) is 17.2 Å². The van der Waals surface area contributed by atoms with Crippen molar-refractivity contribution in [3.63, 3.8) is 0 Å². The van der Waals surface area contributed by atoms with E-state index in [0.29, 0.717) is 53.4 Å². The molecule has 10 heteroatoms. The summed E-state index contributed by atoms with van der Waals surface area (Å²) in [4.78, 5) is 32.1. The number of thiazole rings is 1. The minimum atomic E-state index is -0.764. The zero-order valence-corrected chi connectivity index (χ0v) is 23.9. The maximum Gasteiger partial charge on any atom is 0.338 e. The molecule has 0 radical (unpaired) electrons. The summed E-state index contributed by atoms with van der Waals surface area (Å²) in [5.74, 6) is 0.427. The summed E-state index contributed by atoms with van der Waals surface area (Å²) in [6.07, 6.45) is 2.54. The number of hydrogen-bond donors (Lipinski definition) is 1. The van der Waals surface area contributed by atoms with Crippen molar-refractivity contribution < 1.29 is 24.1 Å². The van der Waals surface area contributed by atoms with Crippen molar-refractivity contribution in [1.29, 1.82) is 0 Å². The summed E-state index contributed by atoms with van der Waals surface area (Å²) in [6, 6.07) is 10.1. The standard InChI is InChI=1S/C27H27IN2O6S/c1-5-11-36-19-10-8-7-9-17(19)23-22(26(33)35-6-2)15(3)29-27-30(23)25(32)21(37-27)14-16-12-18(28)24(31)20(13-16)34-4/h7-10,12-14,23,31H,5-6,11H2,1-4H3. The molecule has 0 spiro atoms. The lowest BCUT2D eigenvalue weighted by atomic mass is 9.95. The van der Waals surface area contributed by atoms with Crippen LogP contribution < -0.4 is 24.4 Å². The van der Waals surface area contributed by atoms with E-state index in [1.165, 1.54) is 23.0 Å². The highest BCUT2D eigenvalue weighted by Crippen LogP contribution is 2.36. The third-order valence-electron chi connectivity index (χ3n) is 5.76. The molecular formula is C27H27IN2O6S. The van der Waals surface area contributed by atoms with Crippen LogP contribution in [-0.2, 0) is 9.53 Å². The molecule has 0 amide bonds. The summed E-state index contributed by atoms with van der Waals surface area (Å²) < 4.78 is 19.2. The van der Waals surface area contributed by atoms with Crippen molar-refractivity contribution in [1.82, 2.24) is 4.57 Å². The number of para-hydroxylation sites is 1. The lowest BCUT2D eigenvalue weighted by Gasteiger charge is -2.26. The number of fused-ring (bicyclic) bond motifs is 1. The molecule has 3 aromatic rings. The third-order valence-corrected chi connectivity index (χ3v) is 7.57. The molecule has 0 bridgehead atoms. The first-order valence-corrected chi connectivity index (χ1v) is 13.7. The number of aromatic nitrogens is 1. The minimum absolute atomic E-state index is 0.0418. The van der Waals surface area contributed by atoms with E-state index in [9.17, 15) is 14.7 Å². The van der Waals surface area contributed by atoms with Gasteiger partial charge in [0.05, 0.1) is 39.7 Å². The maximum absolute atomic E-state index is 13.9. The highest BCUT2D eigenvalue weighted by molar-refractivity contribution is 14.1. The normalized spacial score (nSPS) is 15.3. The quantitative estimate of drug-likeness (QED) is 0.298.